The summed E-state index contributed by atoms with van der Waals surface area (Å²) in [6.45, 7) is 5.34. The molecule has 0 bridgehead atoms. The molecule has 114 valence electrons. The van der Waals surface area contributed by atoms with E-state index in [1.54, 1.807) is 7.11 Å². The van der Waals surface area contributed by atoms with Crippen molar-refractivity contribution >= 4 is 5.71 Å². The third-order valence-electron chi connectivity index (χ3n) is 3.77. The molecule has 2 heterocycles. The Balaban J connectivity index is 1.80. The molecule has 0 N–H and O–H groups in total. The van der Waals surface area contributed by atoms with Crippen LogP contribution in [0.3, 0.4) is 0 Å². The molecular formula is C16H21NO4. The number of hydrogen-bond acceptors (Lipinski definition) is 5. The number of oxime groups is 1. The Morgan fingerprint density at radius 2 is 2.14 bits per heavy atom. The predicted octanol–water partition coefficient (Wildman–Crippen LogP) is 2.77. The molecule has 1 unspecified atom stereocenters. The summed E-state index contributed by atoms with van der Waals surface area (Å²) >= 11 is 0. The first kappa shape index (κ1) is 14.2. The van der Waals surface area contributed by atoms with Crippen molar-refractivity contribution in [2.45, 2.75) is 38.4 Å². The van der Waals surface area contributed by atoms with Crippen LogP contribution in [0.15, 0.2) is 23.4 Å². The lowest BCUT2D eigenvalue weighted by molar-refractivity contribution is -0.0237. The summed E-state index contributed by atoms with van der Waals surface area (Å²) < 4.78 is 16.6. The van der Waals surface area contributed by atoms with Gasteiger partial charge in [-0.15, -0.1) is 0 Å². The minimum Gasteiger partial charge on any atom is -0.493 e. The van der Waals surface area contributed by atoms with Crippen LogP contribution in [0.25, 0.3) is 0 Å². The van der Waals surface area contributed by atoms with Crippen molar-refractivity contribution in [3.63, 3.8) is 0 Å². The zero-order chi connectivity index (χ0) is 14.9. The van der Waals surface area contributed by atoms with Crippen LogP contribution in [0.4, 0.5) is 0 Å². The van der Waals surface area contributed by atoms with Crippen molar-refractivity contribution in [1.29, 1.82) is 0 Å². The van der Waals surface area contributed by atoms with Gasteiger partial charge in [0.05, 0.1) is 32.1 Å². The lowest BCUT2D eigenvalue weighted by Crippen LogP contribution is -2.29. The second-order valence-electron chi connectivity index (χ2n) is 5.82. The van der Waals surface area contributed by atoms with Crippen molar-refractivity contribution in [3.05, 3.63) is 23.8 Å². The van der Waals surface area contributed by atoms with Gasteiger partial charge in [0.15, 0.2) is 17.1 Å². The Morgan fingerprint density at radius 1 is 1.29 bits per heavy atom. The molecule has 1 atom stereocenters. The SMILES string of the molecule is COc1cc(C2=NOC3(CCOC3)C2)ccc1OC(C)C. The molecule has 2 aliphatic rings. The maximum atomic E-state index is 5.73. The fourth-order valence-electron chi connectivity index (χ4n) is 2.67. The minimum atomic E-state index is -0.254. The maximum Gasteiger partial charge on any atom is 0.168 e. The van der Waals surface area contributed by atoms with Gasteiger partial charge in [0.25, 0.3) is 0 Å². The highest BCUT2D eigenvalue weighted by atomic mass is 16.7. The summed E-state index contributed by atoms with van der Waals surface area (Å²) in [6.07, 6.45) is 1.78. The molecule has 0 aliphatic carbocycles. The zero-order valence-electron chi connectivity index (χ0n) is 12.7. The van der Waals surface area contributed by atoms with Gasteiger partial charge in [0.1, 0.15) is 0 Å². The van der Waals surface area contributed by atoms with E-state index in [9.17, 15) is 0 Å². The van der Waals surface area contributed by atoms with Gasteiger partial charge in [0.2, 0.25) is 0 Å². The van der Waals surface area contributed by atoms with E-state index in [1.165, 1.54) is 0 Å². The number of benzene rings is 1. The summed E-state index contributed by atoms with van der Waals surface area (Å²) in [5, 5.41) is 4.25. The molecule has 2 aliphatic heterocycles. The number of rotatable bonds is 4. The van der Waals surface area contributed by atoms with Crippen molar-refractivity contribution in [2.75, 3.05) is 20.3 Å². The molecule has 5 heteroatoms. The second kappa shape index (κ2) is 5.56. The molecule has 1 saturated heterocycles. The van der Waals surface area contributed by atoms with Crippen LogP contribution in [0.1, 0.15) is 32.3 Å². The molecule has 1 aromatic rings. The summed E-state index contributed by atoms with van der Waals surface area (Å²) in [7, 11) is 1.64. The standard InChI is InChI=1S/C16H21NO4/c1-11(2)20-14-5-4-12(8-15(14)18-3)13-9-16(21-17-13)6-7-19-10-16/h4-5,8,11H,6-7,9-10H2,1-3H3. The number of ether oxygens (including phenoxy) is 3. The van der Waals surface area contributed by atoms with Crippen LogP contribution in [0.2, 0.25) is 0 Å². The molecule has 1 fully saturated rings. The van der Waals surface area contributed by atoms with Gasteiger partial charge in [-0.1, -0.05) is 5.16 Å². The maximum absolute atomic E-state index is 5.73. The number of nitrogens with zero attached hydrogens (tertiary/aromatic N) is 1. The average Bonchev–Trinajstić information content (AvgIpc) is 3.09. The first-order valence-corrected chi connectivity index (χ1v) is 7.30. The van der Waals surface area contributed by atoms with E-state index in [1.807, 2.05) is 32.0 Å². The normalized spacial score (nSPS) is 24.3. The molecule has 0 radical (unpaired) electrons. The van der Waals surface area contributed by atoms with Crippen molar-refractivity contribution in [3.8, 4) is 11.5 Å². The second-order valence-corrected chi connectivity index (χ2v) is 5.82. The van der Waals surface area contributed by atoms with E-state index >= 15 is 0 Å². The fourth-order valence-corrected chi connectivity index (χ4v) is 2.67. The summed E-state index contributed by atoms with van der Waals surface area (Å²) in [5.74, 6) is 1.46. The molecule has 0 aromatic heterocycles. The van der Waals surface area contributed by atoms with E-state index in [0.29, 0.717) is 12.4 Å². The van der Waals surface area contributed by atoms with Gasteiger partial charge >= 0.3 is 0 Å². The molecule has 1 spiro atoms. The van der Waals surface area contributed by atoms with Gasteiger partial charge in [0, 0.05) is 18.4 Å². The first-order chi connectivity index (χ1) is 10.1. The van der Waals surface area contributed by atoms with Gasteiger partial charge in [-0.05, 0) is 32.0 Å². The Bertz CT molecular complexity index is 547. The lowest BCUT2D eigenvalue weighted by atomic mass is 9.93. The molecule has 0 amide bonds. The van der Waals surface area contributed by atoms with Crippen LogP contribution in [-0.4, -0.2) is 37.7 Å². The highest BCUT2D eigenvalue weighted by Crippen LogP contribution is 2.36. The Labute approximate surface area is 124 Å². The summed E-state index contributed by atoms with van der Waals surface area (Å²) in [5.41, 5.74) is 1.69. The van der Waals surface area contributed by atoms with Crippen LogP contribution in [0.5, 0.6) is 11.5 Å². The van der Waals surface area contributed by atoms with E-state index in [-0.39, 0.29) is 11.7 Å². The Morgan fingerprint density at radius 3 is 2.81 bits per heavy atom. The van der Waals surface area contributed by atoms with E-state index in [2.05, 4.69) is 5.16 Å². The van der Waals surface area contributed by atoms with Gasteiger partial charge in [-0.25, -0.2) is 0 Å². The topological polar surface area (TPSA) is 49.3 Å². The van der Waals surface area contributed by atoms with E-state index in [4.69, 9.17) is 19.0 Å². The lowest BCUT2D eigenvalue weighted by Gasteiger charge is -2.17. The van der Waals surface area contributed by atoms with Crippen molar-refractivity contribution in [1.82, 2.24) is 0 Å². The smallest absolute Gasteiger partial charge is 0.168 e. The Hall–Kier alpha value is -1.75. The largest absolute Gasteiger partial charge is 0.493 e. The number of hydrogen-bond donors (Lipinski definition) is 0. The molecule has 5 nitrogen and oxygen atoms in total. The minimum absolute atomic E-state index is 0.107. The average molecular weight is 291 g/mol. The van der Waals surface area contributed by atoms with Crippen molar-refractivity contribution < 1.29 is 19.0 Å². The third kappa shape index (κ3) is 2.83. The highest BCUT2D eigenvalue weighted by molar-refractivity contribution is 6.02. The third-order valence-corrected chi connectivity index (χ3v) is 3.77. The quantitative estimate of drug-likeness (QED) is 0.856. The van der Waals surface area contributed by atoms with E-state index in [0.717, 1.165) is 36.5 Å². The van der Waals surface area contributed by atoms with Crippen LogP contribution in [-0.2, 0) is 9.57 Å². The summed E-state index contributed by atoms with van der Waals surface area (Å²) in [4.78, 5) is 5.63. The van der Waals surface area contributed by atoms with Gasteiger partial charge in [-0.3, -0.25) is 0 Å². The van der Waals surface area contributed by atoms with Gasteiger partial charge in [-0.2, -0.15) is 0 Å². The molecule has 3 rings (SSSR count). The van der Waals surface area contributed by atoms with Crippen LogP contribution < -0.4 is 9.47 Å². The molecular weight excluding hydrogens is 270 g/mol. The Kier molecular flexibility index (Phi) is 3.76. The van der Waals surface area contributed by atoms with Crippen LogP contribution in [0, 0.1) is 0 Å². The number of methoxy groups -OCH3 is 1. The monoisotopic (exact) mass is 291 g/mol. The molecule has 21 heavy (non-hydrogen) atoms. The molecule has 0 saturated carbocycles. The summed E-state index contributed by atoms with van der Waals surface area (Å²) in [6, 6.07) is 5.87. The van der Waals surface area contributed by atoms with Crippen LogP contribution >= 0.6 is 0 Å². The zero-order valence-corrected chi connectivity index (χ0v) is 12.7. The highest BCUT2D eigenvalue weighted by Gasteiger charge is 2.43. The molecule has 1 aromatic carbocycles. The van der Waals surface area contributed by atoms with E-state index < -0.39 is 0 Å². The van der Waals surface area contributed by atoms with Gasteiger partial charge < -0.3 is 19.0 Å². The first-order valence-electron chi connectivity index (χ1n) is 7.30. The predicted molar refractivity (Wildman–Crippen MR) is 79.2 cm³/mol. The van der Waals surface area contributed by atoms with Crippen molar-refractivity contribution in [2.24, 2.45) is 5.16 Å². The fraction of sp³-hybridized carbons (Fsp3) is 0.562.